The molecule has 0 spiro atoms. The zero-order valence-corrected chi connectivity index (χ0v) is 15.3. The van der Waals surface area contributed by atoms with Crippen LogP contribution in [0.2, 0.25) is 0 Å². The summed E-state index contributed by atoms with van der Waals surface area (Å²) in [5.74, 6) is -0.493. The van der Waals surface area contributed by atoms with Crippen LogP contribution in [0.1, 0.15) is 41.3 Å². The van der Waals surface area contributed by atoms with Crippen molar-refractivity contribution >= 4 is 22.8 Å². The molecule has 5 nitrogen and oxygen atoms in total. The molecule has 0 fully saturated rings. The summed E-state index contributed by atoms with van der Waals surface area (Å²) in [6.45, 7) is 5.10. The van der Waals surface area contributed by atoms with Gasteiger partial charge < -0.3 is 19.5 Å². The van der Waals surface area contributed by atoms with Crippen molar-refractivity contribution in [1.82, 2.24) is 4.57 Å². The van der Waals surface area contributed by atoms with Gasteiger partial charge >= 0.3 is 0 Å². The maximum Gasteiger partial charge on any atom is 0.235 e. The van der Waals surface area contributed by atoms with Crippen LogP contribution in [-0.4, -0.2) is 20.6 Å². The molecule has 3 aromatic rings. The summed E-state index contributed by atoms with van der Waals surface area (Å²) in [6.07, 6.45) is 5.91. The highest BCUT2D eigenvalue weighted by atomic mass is 16.5. The first-order valence-corrected chi connectivity index (χ1v) is 9.07. The highest BCUT2D eigenvalue weighted by molar-refractivity contribution is 6.16. The van der Waals surface area contributed by atoms with Crippen LogP contribution in [0.3, 0.4) is 0 Å². The van der Waals surface area contributed by atoms with Crippen molar-refractivity contribution in [3.8, 4) is 17.2 Å². The second-order valence-corrected chi connectivity index (χ2v) is 6.93. The zero-order chi connectivity index (χ0) is 19.1. The molecule has 0 saturated heterocycles. The Morgan fingerprint density at radius 2 is 2.00 bits per heavy atom. The average Bonchev–Trinajstić information content (AvgIpc) is 3.11. The predicted octanol–water partition coefficient (Wildman–Crippen LogP) is 4.78. The molecule has 1 aliphatic heterocycles. The van der Waals surface area contributed by atoms with Gasteiger partial charge in [0.05, 0.1) is 0 Å². The molecule has 0 amide bonds. The number of aromatic nitrogens is 1. The lowest BCUT2D eigenvalue weighted by Crippen LogP contribution is -1.98. The molecule has 4 rings (SSSR count). The number of carbonyl (C=O) groups is 1. The maximum absolute atomic E-state index is 12.7. The van der Waals surface area contributed by atoms with Crippen LogP contribution in [0.5, 0.6) is 17.2 Å². The van der Waals surface area contributed by atoms with E-state index in [1.54, 1.807) is 6.08 Å². The van der Waals surface area contributed by atoms with Crippen LogP contribution in [0.4, 0.5) is 0 Å². The fourth-order valence-corrected chi connectivity index (χ4v) is 3.49. The number of allylic oxidation sites excluding steroid dienone is 1. The van der Waals surface area contributed by atoms with Gasteiger partial charge in [0.15, 0.2) is 5.76 Å². The molecule has 2 heterocycles. The van der Waals surface area contributed by atoms with E-state index in [0.717, 1.165) is 47.5 Å². The van der Waals surface area contributed by atoms with Gasteiger partial charge in [-0.1, -0.05) is 25.0 Å². The summed E-state index contributed by atoms with van der Waals surface area (Å²) in [7, 11) is 0. The van der Waals surface area contributed by atoms with Crippen molar-refractivity contribution in [2.75, 3.05) is 0 Å². The molecular formula is C22H21NO4. The SMILES string of the molecule is CCCCn1cc(/C=C2\Oc3cc(O)cc(O)c3C2=O)c2cc(C)ccc21. The van der Waals surface area contributed by atoms with Crippen LogP contribution in [0.15, 0.2) is 42.3 Å². The van der Waals surface area contributed by atoms with Gasteiger partial charge in [-0.15, -0.1) is 0 Å². The van der Waals surface area contributed by atoms with Crippen molar-refractivity contribution in [2.45, 2.75) is 33.2 Å². The molecule has 2 N–H and O–H groups in total. The molecule has 138 valence electrons. The molecule has 5 heteroatoms. The van der Waals surface area contributed by atoms with Gasteiger partial charge in [-0.05, 0) is 31.6 Å². The number of rotatable bonds is 4. The molecule has 0 saturated carbocycles. The number of ether oxygens (including phenoxy) is 1. The summed E-state index contributed by atoms with van der Waals surface area (Å²) in [5.41, 5.74) is 3.24. The summed E-state index contributed by atoms with van der Waals surface area (Å²) in [4.78, 5) is 12.7. The molecule has 0 atom stereocenters. The summed E-state index contributed by atoms with van der Waals surface area (Å²) in [5, 5.41) is 20.7. The number of hydrogen-bond donors (Lipinski definition) is 2. The van der Waals surface area contributed by atoms with E-state index in [9.17, 15) is 15.0 Å². The lowest BCUT2D eigenvalue weighted by Gasteiger charge is -2.03. The summed E-state index contributed by atoms with van der Waals surface area (Å²) < 4.78 is 7.83. The van der Waals surface area contributed by atoms with Crippen LogP contribution >= 0.6 is 0 Å². The van der Waals surface area contributed by atoms with Crippen LogP contribution in [-0.2, 0) is 6.54 Å². The van der Waals surface area contributed by atoms with Crippen LogP contribution in [0.25, 0.3) is 17.0 Å². The van der Waals surface area contributed by atoms with Gasteiger partial charge in [0.25, 0.3) is 0 Å². The van der Waals surface area contributed by atoms with E-state index in [1.165, 1.54) is 6.07 Å². The molecule has 27 heavy (non-hydrogen) atoms. The van der Waals surface area contributed by atoms with Crippen molar-refractivity contribution < 1.29 is 19.7 Å². The number of unbranched alkanes of at least 4 members (excludes halogenated alkanes) is 1. The second-order valence-electron chi connectivity index (χ2n) is 6.93. The summed E-state index contributed by atoms with van der Waals surface area (Å²) in [6, 6.07) is 8.75. The van der Waals surface area contributed by atoms with Gasteiger partial charge in [-0.3, -0.25) is 4.79 Å². The molecule has 0 radical (unpaired) electrons. The normalized spacial score (nSPS) is 14.7. The third-order valence-corrected chi connectivity index (χ3v) is 4.84. The standard InChI is InChI=1S/C22H21NO4/c1-3-4-7-23-12-14(16-8-13(2)5-6-17(16)23)9-20-22(26)21-18(25)10-15(24)11-19(21)27-20/h5-6,8-12,24-25H,3-4,7H2,1-2H3/b20-9-. The molecular weight excluding hydrogens is 342 g/mol. The number of hydrogen-bond acceptors (Lipinski definition) is 4. The molecule has 0 unspecified atom stereocenters. The number of aromatic hydroxyl groups is 2. The van der Waals surface area contributed by atoms with Gasteiger partial charge in [0.1, 0.15) is 22.8 Å². The van der Waals surface area contributed by atoms with E-state index >= 15 is 0 Å². The smallest absolute Gasteiger partial charge is 0.235 e. The predicted molar refractivity (Wildman–Crippen MR) is 104 cm³/mol. The number of Topliss-reactive ketones (excluding diaryl/α,β-unsaturated/α-hetero) is 1. The average molecular weight is 363 g/mol. The van der Waals surface area contributed by atoms with Gasteiger partial charge in [0.2, 0.25) is 5.78 Å². The largest absolute Gasteiger partial charge is 0.508 e. The first-order valence-electron chi connectivity index (χ1n) is 9.07. The first-order chi connectivity index (χ1) is 13.0. The molecule has 0 bridgehead atoms. The molecule has 1 aromatic heterocycles. The van der Waals surface area contributed by atoms with Crippen LogP contribution in [0, 0.1) is 6.92 Å². The van der Waals surface area contributed by atoms with Crippen molar-refractivity contribution in [3.63, 3.8) is 0 Å². The lowest BCUT2D eigenvalue weighted by molar-refractivity contribution is 0.101. The van der Waals surface area contributed by atoms with E-state index in [1.807, 2.05) is 13.1 Å². The fourth-order valence-electron chi connectivity index (χ4n) is 3.49. The third kappa shape index (κ3) is 2.95. The first kappa shape index (κ1) is 17.2. The van der Waals surface area contributed by atoms with E-state index in [4.69, 9.17) is 4.74 Å². The van der Waals surface area contributed by atoms with Crippen molar-refractivity contribution in [2.24, 2.45) is 0 Å². The third-order valence-electron chi connectivity index (χ3n) is 4.84. The Bertz CT molecular complexity index is 1090. The Balaban J connectivity index is 1.80. The number of benzene rings is 2. The topological polar surface area (TPSA) is 71.7 Å². The van der Waals surface area contributed by atoms with E-state index in [-0.39, 0.29) is 34.4 Å². The number of aryl methyl sites for hydroxylation is 2. The Kier molecular flexibility index (Phi) is 4.15. The Morgan fingerprint density at radius 3 is 2.78 bits per heavy atom. The van der Waals surface area contributed by atoms with Crippen molar-refractivity contribution in [3.05, 3.63) is 59.0 Å². The highest BCUT2D eigenvalue weighted by Crippen LogP contribution is 2.41. The number of nitrogens with zero attached hydrogens (tertiary/aromatic N) is 1. The minimum absolute atomic E-state index is 0.0879. The second kappa shape index (κ2) is 6.50. The number of phenolic OH excluding ortho intramolecular Hbond substituents is 2. The van der Waals surface area contributed by atoms with E-state index in [2.05, 4.69) is 29.7 Å². The molecule has 1 aliphatic rings. The zero-order valence-electron chi connectivity index (χ0n) is 15.3. The van der Waals surface area contributed by atoms with Gasteiger partial charge in [-0.25, -0.2) is 0 Å². The fraction of sp³-hybridized carbons (Fsp3) is 0.227. The van der Waals surface area contributed by atoms with Crippen LogP contribution < -0.4 is 4.74 Å². The number of carbonyl (C=O) groups excluding carboxylic acids is 1. The Morgan fingerprint density at radius 1 is 1.19 bits per heavy atom. The highest BCUT2D eigenvalue weighted by Gasteiger charge is 2.31. The number of fused-ring (bicyclic) bond motifs is 2. The lowest BCUT2D eigenvalue weighted by atomic mass is 10.1. The summed E-state index contributed by atoms with van der Waals surface area (Å²) >= 11 is 0. The molecule has 0 aliphatic carbocycles. The quantitative estimate of drug-likeness (QED) is 0.655. The number of phenols is 2. The van der Waals surface area contributed by atoms with E-state index < -0.39 is 0 Å². The minimum atomic E-state index is -0.385. The Labute approximate surface area is 157 Å². The van der Waals surface area contributed by atoms with Gasteiger partial charge in [-0.2, -0.15) is 0 Å². The van der Waals surface area contributed by atoms with Crippen molar-refractivity contribution in [1.29, 1.82) is 0 Å². The monoisotopic (exact) mass is 363 g/mol. The number of ketones is 1. The van der Waals surface area contributed by atoms with Gasteiger partial charge in [0, 0.05) is 41.3 Å². The molecule has 2 aromatic carbocycles. The Hall–Kier alpha value is -3.21. The van der Waals surface area contributed by atoms with E-state index in [0.29, 0.717) is 0 Å². The maximum atomic E-state index is 12.7. The minimum Gasteiger partial charge on any atom is -0.508 e.